The molecule has 3 heterocycles. The Hall–Kier alpha value is -2.66. The highest BCUT2D eigenvalue weighted by Crippen LogP contribution is 2.36. The third-order valence-electron chi connectivity index (χ3n) is 5.00. The number of hydrogen-bond donors (Lipinski definition) is 1. The van der Waals surface area contributed by atoms with Gasteiger partial charge in [-0.2, -0.15) is 0 Å². The molecular formula is C20H22N4O. The van der Waals surface area contributed by atoms with Crippen LogP contribution in [0.15, 0.2) is 42.7 Å². The van der Waals surface area contributed by atoms with Crippen molar-refractivity contribution in [2.75, 3.05) is 11.9 Å². The molecule has 2 aromatic heterocycles. The minimum Gasteiger partial charge on any atom is -0.320 e. The van der Waals surface area contributed by atoms with Gasteiger partial charge in [-0.05, 0) is 41.7 Å². The molecular weight excluding hydrogens is 312 g/mol. The van der Waals surface area contributed by atoms with Crippen molar-refractivity contribution in [3.63, 3.8) is 0 Å². The summed E-state index contributed by atoms with van der Waals surface area (Å²) in [6.45, 7) is 4.34. The molecule has 0 radical (unpaired) electrons. The molecule has 0 aliphatic carbocycles. The van der Waals surface area contributed by atoms with Crippen LogP contribution in [-0.2, 0) is 11.2 Å². The van der Waals surface area contributed by atoms with Crippen LogP contribution in [0.4, 0.5) is 5.69 Å². The molecule has 1 aliphatic heterocycles. The summed E-state index contributed by atoms with van der Waals surface area (Å²) in [6.07, 6.45) is 4.45. The maximum Gasteiger partial charge on any atom is 0.243 e. The van der Waals surface area contributed by atoms with Gasteiger partial charge in [0.05, 0.1) is 17.2 Å². The molecule has 5 nitrogen and oxygen atoms in total. The Labute approximate surface area is 147 Å². The smallest absolute Gasteiger partial charge is 0.243 e. The van der Waals surface area contributed by atoms with Crippen LogP contribution in [0.3, 0.4) is 0 Å². The van der Waals surface area contributed by atoms with Crippen LogP contribution < -0.4 is 10.6 Å². The van der Waals surface area contributed by atoms with Gasteiger partial charge in [0.2, 0.25) is 5.91 Å². The molecule has 5 heteroatoms. The summed E-state index contributed by atoms with van der Waals surface area (Å²) in [5, 5.41) is 1.09. The highest BCUT2D eigenvalue weighted by atomic mass is 16.2. The first-order valence-corrected chi connectivity index (χ1v) is 8.60. The Kier molecular flexibility index (Phi) is 3.62. The van der Waals surface area contributed by atoms with Gasteiger partial charge in [-0.3, -0.25) is 4.79 Å². The van der Waals surface area contributed by atoms with Crippen molar-refractivity contribution < 1.29 is 4.79 Å². The van der Waals surface area contributed by atoms with Gasteiger partial charge < -0.3 is 15.2 Å². The number of rotatable bonds is 2. The van der Waals surface area contributed by atoms with Crippen LogP contribution in [0.1, 0.15) is 30.9 Å². The number of likely N-dealkylation sites (N-methyl/N-ethyl adjacent to an activating group) is 1. The Bertz CT molecular complexity index is 973. The zero-order valence-electron chi connectivity index (χ0n) is 14.7. The zero-order chi connectivity index (χ0) is 17.7. The highest BCUT2D eigenvalue weighted by molar-refractivity contribution is 6.08. The minimum absolute atomic E-state index is 0.0454. The first-order chi connectivity index (χ1) is 12.0. The Balaban J connectivity index is 2.03. The second kappa shape index (κ2) is 5.70. The topological polar surface area (TPSA) is 64.2 Å². The average molecular weight is 334 g/mol. The van der Waals surface area contributed by atoms with E-state index in [1.807, 2.05) is 24.4 Å². The van der Waals surface area contributed by atoms with E-state index < -0.39 is 6.04 Å². The molecule has 25 heavy (non-hydrogen) atoms. The lowest BCUT2D eigenvalue weighted by Gasteiger charge is -2.19. The number of aromatic nitrogens is 2. The minimum atomic E-state index is -0.523. The molecule has 0 saturated heterocycles. The van der Waals surface area contributed by atoms with Crippen LogP contribution in [0.2, 0.25) is 0 Å². The van der Waals surface area contributed by atoms with Crippen LogP contribution >= 0.6 is 0 Å². The van der Waals surface area contributed by atoms with E-state index in [1.54, 1.807) is 11.9 Å². The summed E-state index contributed by atoms with van der Waals surface area (Å²) < 4.78 is 2.14. The van der Waals surface area contributed by atoms with Crippen molar-refractivity contribution in [2.24, 2.45) is 5.73 Å². The Morgan fingerprint density at radius 1 is 1.24 bits per heavy atom. The second-order valence-corrected chi connectivity index (χ2v) is 6.97. The average Bonchev–Trinajstić information content (AvgIpc) is 2.94. The van der Waals surface area contributed by atoms with E-state index in [9.17, 15) is 4.79 Å². The van der Waals surface area contributed by atoms with Crippen molar-refractivity contribution in [1.82, 2.24) is 9.55 Å². The Morgan fingerprint density at radius 2 is 2.04 bits per heavy atom. The molecule has 128 valence electrons. The third kappa shape index (κ3) is 2.35. The van der Waals surface area contributed by atoms with Crippen molar-refractivity contribution >= 4 is 22.5 Å². The zero-order valence-corrected chi connectivity index (χ0v) is 14.7. The first kappa shape index (κ1) is 15.8. The number of carbonyl (C=O) groups is 1. The maximum atomic E-state index is 12.4. The van der Waals surface area contributed by atoms with Gasteiger partial charge >= 0.3 is 0 Å². The molecule has 0 bridgehead atoms. The number of amides is 1. The van der Waals surface area contributed by atoms with Crippen molar-refractivity contribution in [3.05, 3.63) is 53.9 Å². The van der Waals surface area contributed by atoms with E-state index in [-0.39, 0.29) is 5.91 Å². The molecule has 0 fully saturated rings. The number of anilines is 1. The van der Waals surface area contributed by atoms with Crippen LogP contribution in [0, 0.1) is 0 Å². The van der Waals surface area contributed by atoms with E-state index in [2.05, 4.69) is 41.7 Å². The summed E-state index contributed by atoms with van der Waals surface area (Å²) in [4.78, 5) is 18.8. The van der Waals surface area contributed by atoms with E-state index in [4.69, 9.17) is 5.73 Å². The predicted molar refractivity (Wildman–Crippen MR) is 100 cm³/mol. The molecule has 0 spiro atoms. The molecule has 0 saturated carbocycles. The van der Waals surface area contributed by atoms with E-state index in [0.29, 0.717) is 12.3 Å². The molecule has 1 aliphatic rings. The van der Waals surface area contributed by atoms with E-state index >= 15 is 0 Å². The first-order valence-electron chi connectivity index (χ1n) is 8.60. The standard InChI is InChI=1S/C20H22N4O/c1-12(2)14-6-5-9-22-19(14)24-11-13-10-15(21)20(25)23(3)16-7-4-8-17(24)18(13)16/h4-9,11-12,15H,10,21H2,1-3H3. The summed E-state index contributed by atoms with van der Waals surface area (Å²) in [6, 6.07) is 9.61. The predicted octanol–water partition coefficient (Wildman–Crippen LogP) is 3.00. The fraction of sp³-hybridized carbons (Fsp3) is 0.300. The maximum absolute atomic E-state index is 12.4. The van der Waals surface area contributed by atoms with Crippen molar-refractivity contribution in [3.8, 4) is 5.82 Å². The second-order valence-electron chi connectivity index (χ2n) is 6.97. The molecule has 4 rings (SSSR count). The number of hydrogen-bond acceptors (Lipinski definition) is 3. The number of benzene rings is 1. The normalized spacial score (nSPS) is 17.4. The molecule has 1 aromatic carbocycles. The van der Waals surface area contributed by atoms with E-state index in [0.717, 1.165) is 28.0 Å². The van der Waals surface area contributed by atoms with Crippen LogP contribution in [-0.4, -0.2) is 28.5 Å². The highest BCUT2D eigenvalue weighted by Gasteiger charge is 2.28. The van der Waals surface area contributed by atoms with Gasteiger partial charge in [0, 0.05) is 24.8 Å². The summed E-state index contributed by atoms with van der Waals surface area (Å²) >= 11 is 0. The largest absolute Gasteiger partial charge is 0.320 e. The van der Waals surface area contributed by atoms with Crippen molar-refractivity contribution in [1.29, 1.82) is 0 Å². The van der Waals surface area contributed by atoms with Crippen LogP contribution in [0.5, 0.6) is 0 Å². The lowest BCUT2D eigenvalue weighted by atomic mass is 10.0. The van der Waals surface area contributed by atoms with Gasteiger partial charge in [-0.25, -0.2) is 4.98 Å². The summed E-state index contributed by atoms with van der Waals surface area (Å²) in [7, 11) is 1.80. The third-order valence-corrected chi connectivity index (χ3v) is 5.00. The number of pyridine rings is 1. The summed E-state index contributed by atoms with van der Waals surface area (Å²) in [5.41, 5.74) is 10.4. The molecule has 1 atom stereocenters. The lowest BCUT2D eigenvalue weighted by molar-refractivity contribution is -0.119. The number of nitrogens with two attached hydrogens (primary N) is 1. The molecule has 1 amide bonds. The number of nitrogens with zero attached hydrogens (tertiary/aromatic N) is 3. The summed E-state index contributed by atoms with van der Waals surface area (Å²) in [5.74, 6) is 1.26. The quantitative estimate of drug-likeness (QED) is 0.783. The van der Waals surface area contributed by atoms with Gasteiger partial charge in [-0.15, -0.1) is 0 Å². The fourth-order valence-electron chi connectivity index (χ4n) is 3.71. The molecule has 2 N–H and O–H groups in total. The monoisotopic (exact) mass is 334 g/mol. The fourth-order valence-corrected chi connectivity index (χ4v) is 3.71. The lowest BCUT2D eigenvalue weighted by Crippen LogP contribution is -2.42. The van der Waals surface area contributed by atoms with Gasteiger partial charge in [-0.1, -0.05) is 26.0 Å². The van der Waals surface area contributed by atoms with Crippen molar-refractivity contribution in [2.45, 2.75) is 32.2 Å². The van der Waals surface area contributed by atoms with Gasteiger partial charge in [0.15, 0.2) is 0 Å². The molecule has 3 aromatic rings. The number of carbonyl (C=O) groups excluding carboxylic acids is 1. The van der Waals surface area contributed by atoms with Gasteiger partial charge in [0.25, 0.3) is 0 Å². The van der Waals surface area contributed by atoms with Crippen LogP contribution in [0.25, 0.3) is 16.7 Å². The Morgan fingerprint density at radius 3 is 2.80 bits per heavy atom. The van der Waals surface area contributed by atoms with E-state index in [1.165, 1.54) is 5.56 Å². The van der Waals surface area contributed by atoms with Gasteiger partial charge in [0.1, 0.15) is 5.82 Å². The SMILES string of the molecule is CC(C)c1cccnc1-n1cc2c3c(cccc31)N(C)C(=O)C(N)C2. The molecule has 1 unspecified atom stereocenters.